The Morgan fingerprint density at radius 1 is 0.257 bits per heavy atom. The van der Waals surface area contributed by atoms with Crippen LogP contribution >= 0.6 is 15.6 Å². The van der Waals surface area contributed by atoms with E-state index in [1.807, 2.05) is 0 Å². The summed E-state index contributed by atoms with van der Waals surface area (Å²) in [6, 6.07) is 0. The van der Waals surface area contributed by atoms with Gasteiger partial charge in [0, 0.05) is 25.7 Å². The van der Waals surface area contributed by atoms with Gasteiger partial charge in [0.05, 0.1) is 26.4 Å². The fourth-order valence-electron chi connectivity index (χ4n) is 14.1. The standard InChI is InChI=1S/C90H176O17P2/c1-6-10-13-16-19-22-25-28-31-33-35-37-39-41-43-46-48-51-54-57-63-68-73-87(92)100-79-85(106-89(94)75-71-66-59-56-53-50-47-44-42-40-38-36-34-32-29-26-23-20-17-14-11-7-2)81-104-108(96,97)102-77-84(91)78-103-109(98,99)105-82-86(80-101-88(93)74-69-64-61-60-62-67-72-83(5)9-4)107-90(95)76-70-65-58-55-52-49-45-30-27-24-21-18-15-12-8-3/h83-86,91H,6-82H2,1-5H3,(H,96,97)(H,98,99)/t83?,84-,85-,86-/m1/s1. The Kier molecular flexibility index (Phi) is 81.1. The lowest BCUT2D eigenvalue weighted by atomic mass is 10.00. The van der Waals surface area contributed by atoms with Crippen LogP contribution in [0.2, 0.25) is 0 Å². The monoisotopic (exact) mass is 1590 g/mol. The number of hydrogen-bond acceptors (Lipinski definition) is 15. The number of hydrogen-bond donors (Lipinski definition) is 3. The van der Waals surface area contributed by atoms with Crippen molar-refractivity contribution < 1.29 is 80.2 Å². The molecule has 17 nitrogen and oxygen atoms in total. The maximum absolute atomic E-state index is 13.2. The van der Waals surface area contributed by atoms with Gasteiger partial charge in [0.2, 0.25) is 0 Å². The highest BCUT2D eigenvalue weighted by molar-refractivity contribution is 7.47. The normalized spacial score (nSPS) is 13.9. The topological polar surface area (TPSA) is 237 Å². The second-order valence-corrected chi connectivity index (χ2v) is 35.5. The first kappa shape index (κ1) is 107. The van der Waals surface area contributed by atoms with E-state index in [0.717, 1.165) is 102 Å². The Hall–Kier alpha value is -1.94. The second-order valence-electron chi connectivity index (χ2n) is 32.6. The van der Waals surface area contributed by atoms with Crippen molar-refractivity contribution in [3.8, 4) is 0 Å². The van der Waals surface area contributed by atoms with Crippen LogP contribution in [-0.4, -0.2) is 96.7 Å². The number of rotatable bonds is 90. The van der Waals surface area contributed by atoms with Crippen LogP contribution in [-0.2, 0) is 65.4 Å². The second kappa shape index (κ2) is 82.6. The summed E-state index contributed by atoms with van der Waals surface area (Å²) in [4.78, 5) is 73.3. The van der Waals surface area contributed by atoms with Crippen LogP contribution in [0.15, 0.2) is 0 Å². The fraction of sp³-hybridized carbons (Fsp3) is 0.956. The number of carbonyl (C=O) groups excluding carboxylic acids is 4. The van der Waals surface area contributed by atoms with Gasteiger partial charge in [-0.25, -0.2) is 9.13 Å². The van der Waals surface area contributed by atoms with Gasteiger partial charge in [-0.3, -0.25) is 37.3 Å². The van der Waals surface area contributed by atoms with Crippen molar-refractivity contribution in [2.24, 2.45) is 5.92 Å². The van der Waals surface area contributed by atoms with Gasteiger partial charge in [0.25, 0.3) is 0 Å². The lowest BCUT2D eigenvalue weighted by molar-refractivity contribution is -0.161. The van der Waals surface area contributed by atoms with Gasteiger partial charge < -0.3 is 33.8 Å². The first-order chi connectivity index (χ1) is 53.1. The highest BCUT2D eigenvalue weighted by atomic mass is 31.2. The molecule has 0 heterocycles. The molecule has 0 aliphatic rings. The Labute approximate surface area is 670 Å². The van der Waals surface area contributed by atoms with E-state index < -0.39 is 97.5 Å². The third-order valence-electron chi connectivity index (χ3n) is 21.6. The van der Waals surface area contributed by atoms with E-state index in [1.165, 1.54) is 308 Å². The molecule has 0 rings (SSSR count). The molecule has 0 amide bonds. The summed E-state index contributed by atoms with van der Waals surface area (Å²) in [6.07, 6.45) is 78.1. The maximum Gasteiger partial charge on any atom is 0.472 e. The number of carbonyl (C=O) groups is 4. The van der Waals surface area contributed by atoms with Crippen molar-refractivity contribution in [1.29, 1.82) is 0 Å². The Balaban J connectivity index is 5.20. The van der Waals surface area contributed by atoms with Crippen LogP contribution in [0.3, 0.4) is 0 Å². The minimum Gasteiger partial charge on any atom is -0.462 e. The first-order valence-electron chi connectivity index (χ1n) is 46.7. The van der Waals surface area contributed by atoms with Crippen LogP contribution in [0.1, 0.15) is 490 Å². The van der Waals surface area contributed by atoms with Gasteiger partial charge in [0.1, 0.15) is 19.3 Å². The summed E-state index contributed by atoms with van der Waals surface area (Å²) in [5.41, 5.74) is 0. The molecule has 0 aliphatic heterocycles. The van der Waals surface area contributed by atoms with Crippen molar-refractivity contribution in [2.75, 3.05) is 39.6 Å². The lowest BCUT2D eigenvalue weighted by Crippen LogP contribution is -2.30. The molecule has 3 unspecified atom stereocenters. The lowest BCUT2D eigenvalue weighted by Gasteiger charge is -2.21. The highest BCUT2D eigenvalue weighted by Gasteiger charge is 2.31. The first-order valence-corrected chi connectivity index (χ1v) is 49.7. The zero-order valence-electron chi connectivity index (χ0n) is 71.7. The minimum absolute atomic E-state index is 0.108. The van der Waals surface area contributed by atoms with Gasteiger partial charge in [-0.2, -0.15) is 0 Å². The third kappa shape index (κ3) is 82.4. The predicted molar refractivity (Wildman–Crippen MR) is 451 cm³/mol. The molecular formula is C90H176O17P2. The summed E-state index contributed by atoms with van der Waals surface area (Å²) in [6.45, 7) is 7.34. The van der Waals surface area contributed by atoms with Crippen LogP contribution in [0.5, 0.6) is 0 Å². The van der Waals surface area contributed by atoms with E-state index in [0.29, 0.717) is 25.7 Å². The van der Waals surface area contributed by atoms with Crippen molar-refractivity contribution in [2.45, 2.75) is 509 Å². The summed E-state index contributed by atoms with van der Waals surface area (Å²) in [5, 5.41) is 10.7. The van der Waals surface area contributed by atoms with E-state index in [9.17, 15) is 43.2 Å². The quantitative estimate of drug-likeness (QED) is 0.0222. The van der Waals surface area contributed by atoms with E-state index >= 15 is 0 Å². The number of aliphatic hydroxyl groups excluding tert-OH is 1. The van der Waals surface area contributed by atoms with Crippen LogP contribution in [0.4, 0.5) is 0 Å². The molecule has 0 radical (unpaired) electrons. The average molecular weight is 1590 g/mol. The van der Waals surface area contributed by atoms with Crippen LogP contribution < -0.4 is 0 Å². The van der Waals surface area contributed by atoms with Crippen LogP contribution in [0, 0.1) is 5.92 Å². The molecule has 0 saturated carbocycles. The average Bonchev–Trinajstić information content (AvgIpc) is 0.901. The van der Waals surface area contributed by atoms with E-state index in [-0.39, 0.29) is 25.7 Å². The number of ether oxygens (including phenoxy) is 4. The molecule has 0 aliphatic carbocycles. The Bertz CT molecular complexity index is 2070. The van der Waals surface area contributed by atoms with Crippen molar-refractivity contribution in [1.82, 2.24) is 0 Å². The van der Waals surface area contributed by atoms with Crippen molar-refractivity contribution >= 4 is 39.5 Å². The molecule has 109 heavy (non-hydrogen) atoms. The van der Waals surface area contributed by atoms with Crippen LogP contribution in [0.25, 0.3) is 0 Å². The van der Waals surface area contributed by atoms with Crippen molar-refractivity contribution in [3.63, 3.8) is 0 Å². The largest absolute Gasteiger partial charge is 0.472 e. The SMILES string of the molecule is CCCCCCCCCCCCCCCCCCCCCCCCC(=O)OC[C@H](COP(=O)(O)OC[C@@H](O)COP(=O)(O)OC[C@@H](COC(=O)CCCCCCCCC(C)CC)OC(=O)CCCCCCCCCCCCCCCCC)OC(=O)CCCCCCCCCCCCCCCCCCCCCCCC. The van der Waals surface area contributed by atoms with E-state index in [1.54, 1.807) is 0 Å². The molecule has 0 bridgehead atoms. The third-order valence-corrected chi connectivity index (χ3v) is 23.5. The summed E-state index contributed by atoms with van der Waals surface area (Å²) < 4.78 is 69.0. The van der Waals surface area contributed by atoms with E-state index in [2.05, 4.69) is 34.6 Å². The van der Waals surface area contributed by atoms with Gasteiger partial charge >= 0.3 is 39.5 Å². The number of phosphoric acid groups is 2. The van der Waals surface area contributed by atoms with Gasteiger partial charge in [-0.05, 0) is 31.6 Å². The molecule has 648 valence electrons. The minimum atomic E-state index is -4.97. The van der Waals surface area contributed by atoms with Gasteiger partial charge in [-0.15, -0.1) is 0 Å². The highest BCUT2D eigenvalue weighted by Crippen LogP contribution is 2.45. The number of phosphoric ester groups is 2. The number of unbranched alkanes of at least 4 members (excludes halogenated alkanes) is 61. The van der Waals surface area contributed by atoms with Gasteiger partial charge in [0.15, 0.2) is 12.2 Å². The molecular weight excluding hydrogens is 1410 g/mol. The van der Waals surface area contributed by atoms with E-state index in [4.69, 9.17) is 37.0 Å². The summed E-state index contributed by atoms with van der Waals surface area (Å²) >= 11 is 0. The molecule has 0 aromatic heterocycles. The number of aliphatic hydroxyl groups is 1. The molecule has 0 aromatic carbocycles. The van der Waals surface area contributed by atoms with Crippen molar-refractivity contribution in [3.05, 3.63) is 0 Å². The summed E-state index contributed by atoms with van der Waals surface area (Å²) in [7, 11) is -9.93. The molecule has 0 aromatic rings. The molecule has 0 fully saturated rings. The Morgan fingerprint density at radius 2 is 0.440 bits per heavy atom. The van der Waals surface area contributed by atoms with Gasteiger partial charge in [-0.1, -0.05) is 439 Å². The Morgan fingerprint density at radius 3 is 0.651 bits per heavy atom. The molecule has 6 atom stereocenters. The molecule has 0 spiro atoms. The summed E-state index contributed by atoms with van der Waals surface area (Å²) in [5.74, 6) is -1.37. The predicted octanol–water partition coefficient (Wildman–Crippen LogP) is 27.9. The maximum atomic E-state index is 13.2. The fourth-order valence-corrected chi connectivity index (χ4v) is 15.7. The smallest absolute Gasteiger partial charge is 0.462 e. The molecule has 0 saturated heterocycles. The zero-order valence-corrected chi connectivity index (χ0v) is 73.5. The number of esters is 4. The molecule has 3 N–H and O–H groups in total. The zero-order chi connectivity index (χ0) is 79.7. The molecule has 19 heteroatoms.